The van der Waals surface area contributed by atoms with Crippen molar-refractivity contribution in [1.82, 2.24) is 10.2 Å². The SMILES string of the molecule is CC(C)N1CCC(NC(=O)c2ccccc2CCN)CC1. The lowest BCUT2D eigenvalue weighted by molar-refractivity contribution is 0.0900. The number of piperidine rings is 1. The summed E-state index contributed by atoms with van der Waals surface area (Å²) in [6, 6.07) is 8.64. The third-order valence-corrected chi connectivity index (χ3v) is 4.27. The van der Waals surface area contributed by atoms with Crippen LogP contribution in [0.15, 0.2) is 24.3 Å². The Morgan fingerprint density at radius 2 is 2.00 bits per heavy atom. The van der Waals surface area contributed by atoms with E-state index in [9.17, 15) is 4.79 Å². The monoisotopic (exact) mass is 289 g/mol. The molecule has 3 N–H and O–H groups in total. The minimum Gasteiger partial charge on any atom is -0.349 e. The third-order valence-electron chi connectivity index (χ3n) is 4.27. The van der Waals surface area contributed by atoms with Crippen LogP contribution in [0.3, 0.4) is 0 Å². The van der Waals surface area contributed by atoms with E-state index < -0.39 is 0 Å². The van der Waals surface area contributed by atoms with Gasteiger partial charge in [-0.25, -0.2) is 0 Å². The summed E-state index contributed by atoms with van der Waals surface area (Å²) in [5.74, 6) is 0.0436. The molecule has 1 amide bonds. The highest BCUT2D eigenvalue weighted by molar-refractivity contribution is 5.95. The van der Waals surface area contributed by atoms with E-state index >= 15 is 0 Å². The van der Waals surface area contributed by atoms with E-state index in [1.54, 1.807) is 0 Å². The molecule has 1 aromatic carbocycles. The number of hydrogen-bond donors (Lipinski definition) is 2. The zero-order valence-electron chi connectivity index (χ0n) is 13.1. The average molecular weight is 289 g/mol. The highest BCUT2D eigenvalue weighted by Gasteiger charge is 2.22. The molecule has 0 aliphatic carbocycles. The largest absolute Gasteiger partial charge is 0.349 e. The fourth-order valence-corrected chi connectivity index (χ4v) is 2.94. The predicted octanol–water partition coefficient (Wildman–Crippen LogP) is 1.79. The van der Waals surface area contributed by atoms with Crippen LogP contribution >= 0.6 is 0 Å². The quantitative estimate of drug-likeness (QED) is 0.869. The van der Waals surface area contributed by atoms with Gasteiger partial charge >= 0.3 is 0 Å². The molecule has 21 heavy (non-hydrogen) atoms. The second kappa shape index (κ2) is 7.57. The molecule has 0 radical (unpaired) electrons. The van der Waals surface area contributed by atoms with Crippen LogP contribution in [-0.4, -0.2) is 42.5 Å². The molecule has 1 aliphatic rings. The van der Waals surface area contributed by atoms with Gasteiger partial charge in [0.2, 0.25) is 0 Å². The van der Waals surface area contributed by atoms with Crippen molar-refractivity contribution in [2.75, 3.05) is 19.6 Å². The van der Waals surface area contributed by atoms with Crippen LogP contribution in [0.25, 0.3) is 0 Å². The molecule has 4 heteroatoms. The molecule has 2 rings (SSSR count). The Morgan fingerprint density at radius 1 is 1.33 bits per heavy atom. The van der Waals surface area contributed by atoms with Gasteiger partial charge in [0.15, 0.2) is 0 Å². The van der Waals surface area contributed by atoms with Gasteiger partial charge in [0.25, 0.3) is 5.91 Å². The molecule has 116 valence electrons. The summed E-state index contributed by atoms with van der Waals surface area (Å²) in [7, 11) is 0. The van der Waals surface area contributed by atoms with E-state index in [-0.39, 0.29) is 5.91 Å². The van der Waals surface area contributed by atoms with Crippen molar-refractivity contribution in [2.24, 2.45) is 5.73 Å². The van der Waals surface area contributed by atoms with Crippen LogP contribution in [0.2, 0.25) is 0 Å². The van der Waals surface area contributed by atoms with Crippen molar-refractivity contribution >= 4 is 5.91 Å². The van der Waals surface area contributed by atoms with Gasteiger partial charge in [-0.1, -0.05) is 18.2 Å². The van der Waals surface area contributed by atoms with Crippen LogP contribution in [0.4, 0.5) is 0 Å². The third kappa shape index (κ3) is 4.29. The van der Waals surface area contributed by atoms with Gasteiger partial charge in [0, 0.05) is 30.7 Å². The molecular formula is C17H27N3O. The fourth-order valence-electron chi connectivity index (χ4n) is 2.94. The first kappa shape index (κ1) is 16.0. The zero-order chi connectivity index (χ0) is 15.2. The van der Waals surface area contributed by atoms with Gasteiger partial charge in [-0.3, -0.25) is 4.79 Å². The van der Waals surface area contributed by atoms with Crippen molar-refractivity contribution in [3.63, 3.8) is 0 Å². The number of nitrogens with two attached hydrogens (primary N) is 1. The number of carbonyl (C=O) groups excluding carboxylic acids is 1. The Balaban J connectivity index is 1.93. The van der Waals surface area contributed by atoms with Crippen LogP contribution < -0.4 is 11.1 Å². The van der Waals surface area contributed by atoms with Crippen molar-refractivity contribution in [3.8, 4) is 0 Å². The van der Waals surface area contributed by atoms with E-state index in [0.29, 0.717) is 18.6 Å². The first-order chi connectivity index (χ1) is 10.1. The smallest absolute Gasteiger partial charge is 0.251 e. The number of benzene rings is 1. The Bertz CT molecular complexity index is 465. The number of amides is 1. The number of nitrogens with one attached hydrogen (secondary N) is 1. The summed E-state index contributed by atoms with van der Waals surface area (Å²) in [5.41, 5.74) is 7.43. The molecule has 0 bridgehead atoms. The Labute approximate surface area is 127 Å². The number of rotatable bonds is 5. The second-order valence-electron chi connectivity index (χ2n) is 6.07. The van der Waals surface area contributed by atoms with Crippen LogP contribution in [0.5, 0.6) is 0 Å². The minimum atomic E-state index is 0.0436. The maximum absolute atomic E-state index is 12.5. The molecule has 1 aromatic rings. The van der Waals surface area contributed by atoms with Crippen molar-refractivity contribution in [3.05, 3.63) is 35.4 Å². The van der Waals surface area contributed by atoms with E-state index in [1.165, 1.54) is 0 Å². The molecule has 0 saturated carbocycles. The standard InChI is InChI=1S/C17H27N3O/c1-13(2)20-11-8-15(9-12-20)19-17(21)16-6-4-3-5-14(16)7-10-18/h3-6,13,15H,7-12,18H2,1-2H3,(H,19,21). The molecule has 1 fully saturated rings. The summed E-state index contributed by atoms with van der Waals surface area (Å²) in [6.45, 7) is 7.14. The summed E-state index contributed by atoms with van der Waals surface area (Å²) in [5, 5.41) is 3.19. The van der Waals surface area contributed by atoms with Gasteiger partial charge in [0.1, 0.15) is 0 Å². The summed E-state index contributed by atoms with van der Waals surface area (Å²) >= 11 is 0. The van der Waals surface area contributed by atoms with E-state index in [0.717, 1.165) is 43.5 Å². The molecule has 1 aliphatic heterocycles. The molecule has 0 unspecified atom stereocenters. The Morgan fingerprint density at radius 3 is 2.62 bits per heavy atom. The normalized spacial score (nSPS) is 17.1. The topological polar surface area (TPSA) is 58.4 Å². The number of hydrogen-bond acceptors (Lipinski definition) is 3. The van der Waals surface area contributed by atoms with Crippen molar-refractivity contribution in [2.45, 2.75) is 45.2 Å². The molecule has 1 saturated heterocycles. The first-order valence-electron chi connectivity index (χ1n) is 7.94. The highest BCUT2D eigenvalue weighted by Crippen LogP contribution is 2.15. The Kier molecular flexibility index (Phi) is 5.76. The predicted molar refractivity (Wildman–Crippen MR) is 86.4 cm³/mol. The number of nitrogens with zero attached hydrogens (tertiary/aromatic N) is 1. The molecule has 0 atom stereocenters. The summed E-state index contributed by atoms with van der Waals surface area (Å²) < 4.78 is 0. The van der Waals surface area contributed by atoms with Crippen molar-refractivity contribution in [1.29, 1.82) is 0 Å². The lowest BCUT2D eigenvalue weighted by Gasteiger charge is -2.34. The average Bonchev–Trinajstić information content (AvgIpc) is 2.48. The molecule has 0 spiro atoms. The lowest BCUT2D eigenvalue weighted by Crippen LogP contribution is -2.46. The van der Waals surface area contributed by atoms with Gasteiger partial charge in [-0.2, -0.15) is 0 Å². The van der Waals surface area contributed by atoms with Crippen molar-refractivity contribution < 1.29 is 4.79 Å². The van der Waals surface area contributed by atoms with Crippen LogP contribution in [0.1, 0.15) is 42.6 Å². The van der Waals surface area contributed by atoms with Gasteiger partial charge in [0.05, 0.1) is 0 Å². The molecule has 4 nitrogen and oxygen atoms in total. The van der Waals surface area contributed by atoms with Crippen LogP contribution in [0, 0.1) is 0 Å². The fraction of sp³-hybridized carbons (Fsp3) is 0.588. The number of likely N-dealkylation sites (tertiary alicyclic amines) is 1. The lowest BCUT2D eigenvalue weighted by atomic mass is 10.0. The first-order valence-corrected chi connectivity index (χ1v) is 7.94. The maximum atomic E-state index is 12.5. The van der Waals surface area contributed by atoms with Gasteiger partial charge in [-0.15, -0.1) is 0 Å². The Hall–Kier alpha value is -1.39. The summed E-state index contributed by atoms with van der Waals surface area (Å²) in [4.78, 5) is 14.9. The highest BCUT2D eigenvalue weighted by atomic mass is 16.1. The van der Waals surface area contributed by atoms with Crippen LogP contribution in [-0.2, 0) is 6.42 Å². The van der Waals surface area contributed by atoms with Gasteiger partial charge < -0.3 is 16.0 Å². The van der Waals surface area contributed by atoms with E-state index in [2.05, 4.69) is 24.1 Å². The van der Waals surface area contributed by atoms with E-state index in [4.69, 9.17) is 5.73 Å². The zero-order valence-corrected chi connectivity index (χ0v) is 13.1. The molecule has 0 aromatic heterocycles. The maximum Gasteiger partial charge on any atom is 0.251 e. The second-order valence-corrected chi connectivity index (χ2v) is 6.07. The van der Waals surface area contributed by atoms with Gasteiger partial charge in [-0.05, 0) is 51.3 Å². The molecule has 1 heterocycles. The van der Waals surface area contributed by atoms with E-state index in [1.807, 2.05) is 24.3 Å². The molecular weight excluding hydrogens is 262 g/mol. The summed E-state index contributed by atoms with van der Waals surface area (Å²) in [6.07, 6.45) is 2.81. The minimum absolute atomic E-state index is 0.0436. The number of carbonyl (C=O) groups is 1.